The van der Waals surface area contributed by atoms with E-state index in [0.29, 0.717) is 11.5 Å². The molecule has 0 bridgehead atoms. The molecule has 1 aromatic rings. The normalized spacial score (nSPS) is 24.3. The largest absolute Gasteiger partial charge is 0.477 e. The zero-order chi connectivity index (χ0) is 15.9. The van der Waals surface area contributed by atoms with Gasteiger partial charge in [-0.3, -0.25) is 9.69 Å². The molecule has 0 spiro atoms. The molecule has 0 aromatic carbocycles. The predicted molar refractivity (Wildman–Crippen MR) is 88.1 cm³/mol. The van der Waals surface area contributed by atoms with Crippen molar-refractivity contribution in [3.63, 3.8) is 0 Å². The highest BCUT2D eigenvalue weighted by Crippen LogP contribution is 2.41. The van der Waals surface area contributed by atoms with Crippen molar-refractivity contribution < 1.29 is 14.7 Å². The minimum atomic E-state index is -1.08. The number of amides is 1. The average Bonchev–Trinajstić information content (AvgIpc) is 2.99. The molecule has 1 saturated heterocycles. The smallest absolute Gasteiger partial charge is 0.352 e. The Balaban J connectivity index is 1.78. The minimum absolute atomic E-state index is 0.0811. The standard InChI is InChI=1S/C11H12N4O3S4/c1-19-10-13-14-11(22-10)21-3-4-2-20-8-5(12)7(16)15(8)6(4)9(17)18/h5,8H,2-3,12H2,1H3,(H,17,18)/t5?,8-/m0/s1. The SMILES string of the molecule is CSc1nnc(SCC2=C(C(=O)O)N3C(=O)C(N)[C@@H]3SC2)s1. The fourth-order valence-corrected chi connectivity index (χ4v) is 6.05. The molecule has 1 unspecified atom stereocenters. The van der Waals surface area contributed by atoms with Gasteiger partial charge >= 0.3 is 5.97 Å². The summed E-state index contributed by atoms with van der Waals surface area (Å²) in [6.07, 6.45) is 1.93. The highest BCUT2D eigenvalue weighted by molar-refractivity contribution is 8.03. The number of carbonyl (C=O) groups is 2. The summed E-state index contributed by atoms with van der Waals surface area (Å²) >= 11 is 5.94. The first-order valence-corrected chi connectivity index (χ1v) is 10.3. The molecule has 2 atom stereocenters. The number of hydrogen-bond acceptors (Lipinski definition) is 9. The highest BCUT2D eigenvalue weighted by atomic mass is 32.2. The van der Waals surface area contributed by atoms with Gasteiger partial charge in [0.2, 0.25) is 5.91 Å². The van der Waals surface area contributed by atoms with E-state index in [2.05, 4.69) is 10.2 Å². The molecule has 7 nitrogen and oxygen atoms in total. The van der Waals surface area contributed by atoms with Crippen molar-refractivity contribution in [3.05, 3.63) is 11.3 Å². The lowest BCUT2D eigenvalue weighted by molar-refractivity contribution is -0.147. The Morgan fingerprint density at radius 2 is 2.23 bits per heavy atom. The summed E-state index contributed by atoms with van der Waals surface area (Å²) < 4.78 is 1.66. The van der Waals surface area contributed by atoms with E-state index >= 15 is 0 Å². The molecule has 22 heavy (non-hydrogen) atoms. The maximum absolute atomic E-state index is 11.8. The van der Waals surface area contributed by atoms with Gasteiger partial charge < -0.3 is 10.8 Å². The molecule has 2 aliphatic rings. The number of rotatable bonds is 5. The van der Waals surface area contributed by atoms with Crippen LogP contribution in [0.5, 0.6) is 0 Å². The van der Waals surface area contributed by atoms with Gasteiger partial charge in [0.05, 0.1) is 0 Å². The number of hydrogen-bond donors (Lipinski definition) is 2. The van der Waals surface area contributed by atoms with E-state index in [0.717, 1.165) is 14.3 Å². The van der Waals surface area contributed by atoms with Crippen LogP contribution in [0.2, 0.25) is 0 Å². The average molecular weight is 377 g/mol. The minimum Gasteiger partial charge on any atom is -0.477 e. The van der Waals surface area contributed by atoms with Crippen LogP contribution in [-0.2, 0) is 9.59 Å². The third-order valence-electron chi connectivity index (χ3n) is 3.22. The first-order chi connectivity index (χ1) is 10.5. The number of aromatic nitrogens is 2. The van der Waals surface area contributed by atoms with E-state index in [1.165, 1.54) is 51.5 Å². The summed E-state index contributed by atoms with van der Waals surface area (Å²) in [5.41, 5.74) is 6.52. The lowest BCUT2D eigenvalue weighted by Crippen LogP contribution is -2.68. The molecule has 1 fully saturated rings. The molecule has 1 amide bonds. The number of carbonyl (C=O) groups excluding carboxylic acids is 1. The second kappa shape index (κ2) is 6.40. The maximum atomic E-state index is 11.8. The quantitative estimate of drug-likeness (QED) is 0.573. The molecule has 0 saturated carbocycles. The van der Waals surface area contributed by atoms with Crippen molar-refractivity contribution in [3.8, 4) is 0 Å². The van der Waals surface area contributed by atoms with Gasteiger partial charge in [-0.2, -0.15) is 0 Å². The van der Waals surface area contributed by atoms with E-state index in [-0.39, 0.29) is 17.0 Å². The fraction of sp³-hybridized carbons (Fsp3) is 0.455. The van der Waals surface area contributed by atoms with E-state index in [9.17, 15) is 14.7 Å². The monoisotopic (exact) mass is 376 g/mol. The van der Waals surface area contributed by atoms with Crippen molar-refractivity contribution in [1.82, 2.24) is 15.1 Å². The van der Waals surface area contributed by atoms with Crippen LogP contribution in [-0.4, -0.2) is 61.3 Å². The van der Waals surface area contributed by atoms with E-state index < -0.39 is 12.0 Å². The summed E-state index contributed by atoms with van der Waals surface area (Å²) in [7, 11) is 0. The van der Waals surface area contributed by atoms with Gasteiger partial charge in [0.1, 0.15) is 17.1 Å². The van der Waals surface area contributed by atoms with Gasteiger partial charge in [-0.05, 0) is 11.8 Å². The summed E-state index contributed by atoms with van der Waals surface area (Å²) in [4.78, 5) is 24.7. The number of thioether (sulfide) groups is 3. The molecule has 0 radical (unpaired) electrons. The van der Waals surface area contributed by atoms with Crippen LogP contribution >= 0.6 is 46.6 Å². The summed E-state index contributed by atoms with van der Waals surface area (Å²) in [5, 5.41) is 17.2. The lowest BCUT2D eigenvalue weighted by Gasteiger charge is -2.48. The van der Waals surface area contributed by atoms with Crippen LogP contribution < -0.4 is 5.73 Å². The third-order valence-corrected chi connectivity index (χ3v) is 7.70. The van der Waals surface area contributed by atoms with Crippen molar-refractivity contribution in [2.75, 3.05) is 17.8 Å². The van der Waals surface area contributed by atoms with Crippen molar-refractivity contribution in [1.29, 1.82) is 0 Å². The fourth-order valence-electron chi connectivity index (χ4n) is 2.18. The highest BCUT2D eigenvalue weighted by Gasteiger charge is 2.51. The molecular formula is C11H12N4O3S4. The number of nitrogens with zero attached hydrogens (tertiary/aromatic N) is 3. The zero-order valence-corrected chi connectivity index (χ0v) is 14.7. The number of fused-ring (bicyclic) bond motifs is 1. The number of β-lactam (4-membered cyclic amide) rings is 1. The van der Waals surface area contributed by atoms with Gasteiger partial charge in [0.15, 0.2) is 8.68 Å². The Bertz CT molecular complexity index is 662. The number of carboxylic acid groups (broad SMARTS) is 1. The number of carboxylic acids is 1. The Labute approximate surface area is 143 Å². The summed E-state index contributed by atoms with van der Waals surface area (Å²) in [6.45, 7) is 0. The first-order valence-electron chi connectivity index (χ1n) is 6.18. The van der Waals surface area contributed by atoms with Crippen molar-refractivity contribution in [2.24, 2.45) is 5.73 Å². The van der Waals surface area contributed by atoms with Crippen molar-refractivity contribution >= 4 is 58.5 Å². The van der Waals surface area contributed by atoms with Crippen molar-refractivity contribution in [2.45, 2.75) is 20.1 Å². The van der Waals surface area contributed by atoms with Crippen LogP contribution in [0.25, 0.3) is 0 Å². The van der Waals surface area contributed by atoms with Gasteiger partial charge in [0, 0.05) is 11.5 Å². The van der Waals surface area contributed by atoms with Crippen LogP contribution in [0, 0.1) is 0 Å². The third kappa shape index (κ3) is 2.75. The molecule has 0 aliphatic carbocycles. The lowest BCUT2D eigenvalue weighted by atomic mass is 10.0. The molecular weight excluding hydrogens is 364 g/mol. The molecule has 11 heteroatoms. The second-order valence-electron chi connectivity index (χ2n) is 4.52. The van der Waals surface area contributed by atoms with Crippen LogP contribution in [0.3, 0.4) is 0 Å². The van der Waals surface area contributed by atoms with Gasteiger partial charge in [-0.15, -0.1) is 22.0 Å². The molecule has 1 aromatic heterocycles. The van der Waals surface area contributed by atoms with E-state index in [4.69, 9.17) is 5.73 Å². The second-order valence-corrected chi connectivity index (χ2v) is 8.88. The van der Waals surface area contributed by atoms with E-state index in [1.807, 2.05) is 6.26 Å². The Morgan fingerprint density at radius 1 is 1.50 bits per heavy atom. The molecule has 3 rings (SSSR count). The van der Waals surface area contributed by atoms with Gasteiger partial charge in [-0.25, -0.2) is 4.79 Å². The summed E-state index contributed by atoms with van der Waals surface area (Å²) in [5.74, 6) is -0.366. The molecule has 2 aliphatic heterocycles. The van der Waals surface area contributed by atoms with Gasteiger partial charge in [-0.1, -0.05) is 34.9 Å². The van der Waals surface area contributed by atoms with E-state index in [1.54, 1.807) is 0 Å². The maximum Gasteiger partial charge on any atom is 0.352 e. The molecule has 3 N–H and O–H groups in total. The molecule has 3 heterocycles. The number of nitrogens with two attached hydrogens (primary N) is 1. The summed E-state index contributed by atoms with van der Waals surface area (Å²) in [6, 6.07) is -0.596. The Hall–Kier alpha value is -0.750. The van der Waals surface area contributed by atoms with Gasteiger partial charge in [0.25, 0.3) is 0 Å². The molecule has 118 valence electrons. The first kappa shape index (κ1) is 16.1. The predicted octanol–water partition coefficient (Wildman–Crippen LogP) is 0.933. The van der Waals surface area contributed by atoms with Crippen LogP contribution in [0.15, 0.2) is 19.9 Å². The Morgan fingerprint density at radius 3 is 2.86 bits per heavy atom. The number of aliphatic carboxylic acids is 1. The van der Waals surface area contributed by atoms with Crippen LogP contribution in [0.4, 0.5) is 0 Å². The van der Waals surface area contributed by atoms with Crippen LogP contribution in [0.1, 0.15) is 0 Å². The Kier molecular flexibility index (Phi) is 4.69. The zero-order valence-electron chi connectivity index (χ0n) is 11.4. The topological polar surface area (TPSA) is 109 Å².